The molecule has 0 N–H and O–H groups in total. The average molecular weight is 85.1 g/mol. The number of hydrogen-bond acceptors (Lipinski definition) is 1. The molecule has 34 valence electrons. The maximum atomic E-state index is 10.0. The lowest BCUT2D eigenvalue weighted by atomic mass is 10.8. The van der Waals surface area contributed by atoms with Crippen molar-refractivity contribution in [2.24, 2.45) is 0 Å². The van der Waals surface area contributed by atoms with Crippen LogP contribution >= 0.6 is 0 Å². The number of nitrogens with zero attached hydrogens (tertiary/aromatic N) is 1. The van der Waals surface area contributed by atoms with Gasteiger partial charge in [0.05, 0.1) is 0 Å². The summed E-state index contributed by atoms with van der Waals surface area (Å²) in [6.07, 6.45) is 2.10. The van der Waals surface area contributed by atoms with Gasteiger partial charge in [0.2, 0.25) is 0 Å². The standard InChI is InChI=1S/C4H7NO/c1-5(6)4-2-3-4/h4H,1-3H2. The Balaban J connectivity index is 2.31. The Morgan fingerprint density at radius 1 is 1.67 bits per heavy atom. The molecule has 0 amide bonds. The van der Waals surface area contributed by atoms with Crippen molar-refractivity contribution in [2.45, 2.75) is 18.9 Å². The van der Waals surface area contributed by atoms with Crippen LogP contribution in [0.2, 0.25) is 0 Å². The van der Waals surface area contributed by atoms with Crippen LogP contribution in [-0.4, -0.2) is 17.5 Å². The van der Waals surface area contributed by atoms with Gasteiger partial charge in [-0.15, -0.1) is 0 Å². The molecule has 1 aliphatic rings. The summed E-state index contributed by atoms with van der Waals surface area (Å²) in [6, 6.07) is 0.269. The van der Waals surface area contributed by atoms with Crippen molar-refractivity contribution < 1.29 is 4.74 Å². The van der Waals surface area contributed by atoms with Crippen LogP contribution in [-0.2, 0) is 0 Å². The first-order valence-corrected chi connectivity index (χ1v) is 2.07. The summed E-state index contributed by atoms with van der Waals surface area (Å²) >= 11 is 0. The van der Waals surface area contributed by atoms with Crippen LogP contribution in [0, 0.1) is 5.21 Å². The highest BCUT2D eigenvalue weighted by Crippen LogP contribution is 2.21. The fourth-order valence-corrected chi connectivity index (χ4v) is 0.363. The highest BCUT2D eigenvalue weighted by Gasteiger charge is 2.28. The fraction of sp³-hybridized carbons (Fsp3) is 0.750. The smallest absolute Gasteiger partial charge is 0.163 e. The van der Waals surface area contributed by atoms with Crippen molar-refractivity contribution in [3.63, 3.8) is 0 Å². The van der Waals surface area contributed by atoms with Crippen molar-refractivity contribution in [3.8, 4) is 0 Å². The zero-order valence-electron chi connectivity index (χ0n) is 3.55. The lowest BCUT2D eigenvalue weighted by molar-refractivity contribution is -0.463. The van der Waals surface area contributed by atoms with E-state index < -0.39 is 0 Å². The molecular weight excluding hydrogens is 78.0 g/mol. The molecule has 6 heavy (non-hydrogen) atoms. The van der Waals surface area contributed by atoms with Crippen LogP contribution in [0.3, 0.4) is 0 Å². The minimum atomic E-state index is 0.269. The molecule has 0 atom stereocenters. The molecule has 0 aliphatic heterocycles. The average Bonchev–Trinajstić information content (AvgIpc) is 2.06. The highest BCUT2D eigenvalue weighted by atomic mass is 16.5. The molecule has 2 nitrogen and oxygen atoms in total. The van der Waals surface area contributed by atoms with Gasteiger partial charge in [-0.1, -0.05) is 0 Å². The first-order valence-electron chi connectivity index (χ1n) is 2.07. The second kappa shape index (κ2) is 0.965. The second-order valence-electron chi connectivity index (χ2n) is 1.65. The van der Waals surface area contributed by atoms with E-state index in [2.05, 4.69) is 6.72 Å². The zero-order valence-corrected chi connectivity index (χ0v) is 3.55. The molecule has 0 bridgehead atoms. The topological polar surface area (TPSA) is 26.1 Å². The quantitative estimate of drug-likeness (QED) is 0.195. The van der Waals surface area contributed by atoms with Crippen LogP contribution < -0.4 is 0 Å². The molecule has 1 saturated carbocycles. The van der Waals surface area contributed by atoms with E-state index in [0.717, 1.165) is 17.6 Å². The summed E-state index contributed by atoms with van der Waals surface area (Å²) in [6.45, 7) is 3.18. The molecule has 1 aliphatic carbocycles. The van der Waals surface area contributed by atoms with E-state index in [1.54, 1.807) is 0 Å². The van der Waals surface area contributed by atoms with Gasteiger partial charge in [-0.2, -0.15) is 0 Å². The van der Waals surface area contributed by atoms with E-state index in [-0.39, 0.29) is 6.04 Å². The normalized spacial score (nSPS) is 20.7. The molecule has 1 rings (SSSR count). The van der Waals surface area contributed by atoms with Gasteiger partial charge in [-0.25, -0.2) is 4.74 Å². The first kappa shape index (κ1) is 3.65. The van der Waals surface area contributed by atoms with Crippen molar-refractivity contribution in [1.29, 1.82) is 0 Å². The van der Waals surface area contributed by atoms with Gasteiger partial charge in [-0.05, 0) is 0 Å². The third-order valence-corrected chi connectivity index (χ3v) is 0.954. The summed E-state index contributed by atoms with van der Waals surface area (Å²) in [5.41, 5.74) is 0. The third-order valence-electron chi connectivity index (χ3n) is 0.954. The molecule has 0 radical (unpaired) electrons. The highest BCUT2D eigenvalue weighted by molar-refractivity contribution is 5.15. The molecule has 1 fully saturated rings. The zero-order chi connectivity index (χ0) is 4.57. The van der Waals surface area contributed by atoms with E-state index in [4.69, 9.17) is 0 Å². The Bertz CT molecular complexity index is 75.6. The molecule has 0 heterocycles. The number of hydroxylamine groups is 1. The van der Waals surface area contributed by atoms with Crippen molar-refractivity contribution >= 4 is 6.72 Å². The number of hydrogen-bond donors (Lipinski definition) is 0. The van der Waals surface area contributed by atoms with Gasteiger partial charge >= 0.3 is 0 Å². The Morgan fingerprint density at radius 3 is 2.17 bits per heavy atom. The molecule has 0 aromatic rings. The van der Waals surface area contributed by atoms with Crippen molar-refractivity contribution in [1.82, 2.24) is 0 Å². The minimum Gasteiger partial charge on any atom is -0.624 e. The van der Waals surface area contributed by atoms with Crippen molar-refractivity contribution in [2.75, 3.05) is 0 Å². The Kier molecular flexibility index (Phi) is 0.587. The maximum absolute atomic E-state index is 10.0. The van der Waals surface area contributed by atoms with Crippen LogP contribution in [0.1, 0.15) is 12.8 Å². The summed E-state index contributed by atoms with van der Waals surface area (Å²) in [7, 11) is 0. The third kappa shape index (κ3) is 0.506. The van der Waals surface area contributed by atoms with Gasteiger partial charge in [0, 0.05) is 12.8 Å². The largest absolute Gasteiger partial charge is 0.624 e. The monoisotopic (exact) mass is 85.1 g/mol. The van der Waals surface area contributed by atoms with Crippen LogP contribution in [0.15, 0.2) is 0 Å². The van der Waals surface area contributed by atoms with E-state index in [9.17, 15) is 5.21 Å². The molecule has 0 aromatic carbocycles. The van der Waals surface area contributed by atoms with Crippen LogP contribution in [0.25, 0.3) is 0 Å². The van der Waals surface area contributed by atoms with E-state index in [1.807, 2.05) is 0 Å². The van der Waals surface area contributed by atoms with Gasteiger partial charge in [0.1, 0.15) is 6.72 Å². The van der Waals surface area contributed by atoms with E-state index in [1.165, 1.54) is 0 Å². The van der Waals surface area contributed by atoms with Gasteiger partial charge in [-0.3, -0.25) is 0 Å². The van der Waals surface area contributed by atoms with E-state index in [0.29, 0.717) is 0 Å². The summed E-state index contributed by atoms with van der Waals surface area (Å²) < 4.78 is 0.778. The van der Waals surface area contributed by atoms with E-state index >= 15 is 0 Å². The van der Waals surface area contributed by atoms with Gasteiger partial charge < -0.3 is 5.21 Å². The molecular formula is C4H7NO. The SMILES string of the molecule is C=[N+]([O-])C1CC1. The summed E-state index contributed by atoms with van der Waals surface area (Å²) in [5, 5.41) is 10.0. The molecule has 2 heteroatoms. The lowest BCUT2D eigenvalue weighted by Gasteiger charge is -1.93. The predicted molar refractivity (Wildman–Crippen MR) is 23.8 cm³/mol. The maximum Gasteiger partial charge on any atom is 0.163 e. The van der Waals surface area contributed by atoms with Crippen LogP contribution in [0.5, 0.6) is 0 Å². The Morgan fingerprint density at radius 2 is 2.17 bits per heavy atom. The number of rotatable bonds is 1. The predicted octanol–water partition coefficient (Wildman–Crippen LogP) is 0.360. The minimum absolute atomic E-state index is 0.269. The lowest BCUT2D eigenvalue weighted by Crippen LogP contribution is -1.99. The van der Waals surface area contributed by atoms with Gasteiger partial charge in [0.25, 0.3) is 0 Å². The van der Waals surface area contributed by atoms with Crippen LogP contribution in [0.4, 0.5) is 0 Å². The van der Waals surface area contributed by atoms with Crippen molar-refractivity contribution in [3.05, 3.63) is 5.21 Å². The van der Waals surface area contributed by atoms with Gasteiger partial charge in [0.15, 0.2) is 6.04 Å². The molecule has 0 unspecified atom stereocenters. The Labute approximate surface area is 36.7 Å². The summed E-state index contributed by atoms with van der Waals surface area (Å²) in [5.74, 6) is 0. The fourth-order valence-electron chi connectivity index (χ4n) is 0.363. The molecule has 0 saturated heterocycles. The second-order valence-corrected chi connectivity index (χ2v) is 1.65. The molecule has 0 aromatic heterocycles. The first-order chi connectivity index (χ1) is 2.80. The Hall–Kier alpha value is -0.530. The molecule has 0 spiro atoms. The summed E-state index contributed by atoms with van der Waals surface area (Å²) in [4.78, 5) is 0.